The maximum atomic E-state index is 5.82. The topological polar surface area (TPSA) is 22.1 Å². The van der Waals surface area contributed by atoms with Crippen LogP contribution in [0, 0.1) is 0 Å². The molecule has 0 N–H and O–H groups in total. The van der Waals surface area contributed by atoms with E-state index in [2.05, 4.69) is 35.3 Å². The summed E-state index contributed by atoms with van der Waals surface area (Å²) >= 11 is 1.71. The highest BCUT2D eigenvalue weighted by Gasteiger charge is 2.06. The molecule has 0 bridgehead atoms. The summed E-state index contributed by atoms with van der Waals surface area (Å²) < 4.78 is 7.04. The Kier molecular flexibility index (Phi) is 3.78. The van der Waals surface area contributed by atoms with Crippen molar-refractivity contribution < 1.29 is 4.74 Å². The number of ether oxygens (including phenoxy) is 1. The van der Waals surface area contributed by atoms with Gasteiger partial charge in [-0.3, -0.25) is 0 Å². The molecule has 0 radical (unpaired) electrons. The molecule has 1 heterocycles. The fourth-order valence-corrected chi connectivity index (χ4v) is 3.40. The van der Waals surface area contributed by atoms with Crippen LogP contribution in [0.3, 0.4) is 0 Å². The molecule has 4 aromatic rings. The van der Waals surface area contributed by atoms with Crippen LogP contribution in [0.15, 0.2) is 78.9 Å². The lowest BCUT2D eigenvalue weighted by atomic mass is 10.2. The van der Waals surface area contributed by atoms with E-state index in [1.54, 1.807) is 11.3 Å². The van der Waals surface area contributed by atoms with E-state index in [1.165, 1.54) is 10.3 Å². The molecule has 4 rings (SSSR count). The lowest BCUT2D eigenvalue weighted by Crippen LogP contribution is -1.94. The summed E-state index contributed by atoms with van der Waals surface area (Å²) in [4.78, 5) is 4.68. The van der Waals surface area contributed by atoms with Gasteiger partial charge in [-0.15, -0.1) is 11.3 Å². The number of hydrogen-bond acceptors (Lipinski definition) is 3. The number of rotatable bonds is 4. The van der Waals surface area contributed by atoms with E-state index in [9.17, 15) is 0 Å². The number of fused-ring (bicyclic) bond motifs is 1. The SMILES string of the molecule is c1ccc(COc2ccc(-c3nc4ccccc4s3)cc2)cc1. The quantitative estimate of drug-likeness (QED) is 0.493. The van der Waals surface area contributed by atoms with Crippen LogP contribution >= 0.6 is 11.3 Å². The summed E-state index contributed by atoms with van der Waals surface area (Å²) in [5.74, 6) is 0.874. The first-order valence-corrected chi connectivity index (χ1v) is 8.33. The molecule has 2 nitrogen and oxygen atoms in total. The molecule has 0 aliphatic heterocycles. The first-order valence-electron chi connectivity index (χ1n) is 7.51. The maximum absolute atomic E-state index is 5.82. The monoisotopic (exact) mass is 317 g/mol. The van der Waals surface area contributed by atoms with E-state index in [4.69, 9.17) is 4.74 Å². The van der Waals surface area contributed by atoms with Crippen LogP contribution in [-0.2, 0) is 6.61 Å². The first kappa shape index (κ1) is 14.0. The summed E-state index contributed by atoms with van der Waals surface area (Å²) in [6.45, 7) is 0.585. The molecule has 0 amide bonds. The van der Waals surface area contributed by atoms with E-state index in [0.29, 0.717) is 6.61 Å². The Bertz CT molecular complexity index is 880. The zero-order chi connectivity index (χ0) is 15.5. The van der Waals surface area contributed by atoms with Crippen LogP contribution in [0.5, 0.6) is 5.75 Å². The van der Waals surface area contributed by atoms with Gasteiger partial charge in [0.05, 0.1) is 10.2 Å². The second-order valence-corrected chi connectivity index (χ2v) is 6.32. The second-order valence-electron chi connectivity index (χ2n) is 5.29. The van der Waals surface area contributed by atoms with Gasteiger partial charge in [0.15, 0.2) is 0 Å². The van der Waals surface area contributed by atoms with Gasteiger partial charge in [0.2, 0.25) is 0 Å². The number of aromatic nitrogens is 1. The lowest BCUT2D eigenvalue weighted by molar-refractivity contribution is 0.306. The molecule has 0 unspecified atom stereocenters. The summed E-state index contributed by atoms with van der Waals surface area (Å²) in [6.07, 6.45) is 0. The Morgan fingerprint density at radius 2 is 1.52 bits per heavy atom. The standard InChI is InChI=1S/C20H15NOS/c1-2-6-15(7-3-1)14-22-17-12-10-16(11-13-17)20-21-18-8-4-5-9-19(18)23-20/h1-13H,14H2. The van der Waals surface area contributed by atoms with Crippen molar-refractivity contribution in [2.75, 3.05) is 0 Å². The summed E-state index contributed by atoms with van der Waals surface area (Å²) in [5.41, 5.74) is 3.35. The zero-order valence-corrected chi connectivity index (χ0v) is 13.3. The molecule has 0 saturated carbocycles. The number of para-hydroxylation sites is 1. The summed E-state index contributed by atoms with van der Waals surface area (Å²) in [7, 11) is 0. The predicted octanol–water partition coefficient (Wildman–Crippen LogP) is 5.54. The summed E-state index contributed by atoms with van der Waals surface area (Å²) in [5, 5.41) is 1.04. The minimum Gasteiger partial charge on any atom is -0.489 e. The average molecular weight is 317 g/mol. The summed E-state index contributed by atoms with van der Waals surface area (Å²) in [6, 6.07) is 26.5. The molecule has 23 heavy (non-hydrogen) atoms. The number of hydrogen-bond donors (Lipinski definition) is 0. The van der Waals surface area contributed by atoms with Gasteiger partial charge in [-0.05, 0) is 42.0 Å². The Hall–Kier alpha value is -2.65. The third-order valence-corrected chi connectivity index (χ3v) is 4.73. The van der Waals surface area contributed by atoms with Gasteiger partial charge < -0.3 is 4.74 Å². The highest BCUT2D eigenvalue weighted by Crippen LogP contribution is 2.30. The van der Waals surface area contributed by atoms with E-state index in [-0.39, 0.29) is 0 Å². The largest absolute Gasteiger partial charge is 0.489 e. The van der Waals surface area contributed by atoms with Crippen molar-refractivity contribution in [1.82, 2.24) is 4.98 Å². The first-order chi connectivity index (χ1) is 11.4. The van der Waals surface area contributed by atoms with Gasteiger partial charge in [0, 0.05) is 5.56 Å². The highest BCUT2D eigenvalue weighted by molar-refractivity contribution is 7.21. The minimum atomic E-state index is 0.585. The molecule has 112 valence electrons. The molecular weight excluding hydrogens is 302 g/mol. The van der Waals surface area contributed by atoms with Gasteiger partial charge in [0.1, 0.15) is 17.4 Å². The van der Waals surface area contributed by atoms with Crippen molar-refractivity contribution >= 4 is 21.6 Å². The van der Waals surface area contributed by atoms with Crippen molar-refractivity contribution in [2.24, 2.45) is 0 Å². The molecule has 3 aromatic carbocycles. The number of nitrogens with zero attached hydrogens (tertiary/aromatic N) is 1. The number of benzene rings is 3. The molecule has 0 spiro atoms. The van der Waals surface area contributed by atoms with Crippen LogP contribution in [0.1, 0.15) is 5.56 Å². The smallest absolute Gasteiger partial charge is 0.124 e. The van der Waals surface area contributed by atoms with E-state index in [0.717, 1.165) is 21.8 Å². The van der Waals surface area contributed by atoms with Crippen LogP contribution in [0.25, 0.3) is 20.8 Å². The minimum absolute atomic E-state index is 0.585. The third-order valence-electron chi connectivity index (χ3n) is 3.64. The second kappa shape index (κ2) is 6.23. The predicted molar refractivity (Wildman–Crippen MR) is 95.8 cm³/mol. The molecule has 0 fully saturated rings. The molecule has 0 aliphatic rings. The molecule has 3 heteroatoms. The van der Waals surface area contributed by atoms with Gasteiger partial charge in [-0.25, -0.2) is 4.98 Å². The van der Waals surface area contributed by atoms with Crippen molar-refractivity contribution in [3.8, 4) is 16.3 Å². The lowest BCUT2D eigenvalue weighted by Gasteiger charge is -2.06. The Morgan fingerprint density at radius 1 is 0.783 bits per heavy atom. The van der Waals surface area contributed by atoms with Gasteiger partial charge in [-0.1, -0.05) is 42.5 Å². The fourth-order valence-electron chi connectivity index (χ4n) is 2.43. The molecule has 0 aliphatic carbocycles. The van der Waals surface area contributed by atoms with Crippen LogP contribution in [0.4, 0.5) is 0 Å². The van der Waals surface area contributed by atoms with Crippen molar-refractivity contribution in [2.45, 2.75) is 6.61 Å². The van der Waals surface area contributed by atoms with Crippen LogP contribution in [-0.4, -0.2) is 4.98 Å². The molecular formula is C20H15NOS. The average Bonchev–Trinajstić information content (AvgIpc) is 3.05. The van der Waals surface area contributed by atoms with Gasteiger partial charge in [0.25, 0.3) is 0 Å². The van der Waals surface area contributed by atoms with Crippen molar-refractivity contribution in [3.63, 3.8) is 0 Å². The van der Waals surface area contributed by atoms with Crippen molar-refractivity contribution in [1.29, 1.82) is 0 Å². The highest BCUT2D eigenvalue weighted by atomic mass is 32.1. The van der Waals surface area contributed by atoms with Crippen LogP contribution < -0.4 is 4.74 Å². The maximum Gasteiger partial charge on any atom is 0.124 e. The molecule has 1 aromatic heterocycles. The van der Waals surface area contributed by atoms with Gasteiger partial charge >= 0.3 is 0 Å². The number of thiazole rings is 1. The van der Waals surface area contributed by atoms with Crippen LogP contribution in [0.2, 0.25) is 0 Å². The van der Waals surface area contributed by atoms with E-state index < -0.39 is 0 Å². The van der Waals surface area contributed by atoms with Gasteiger partial charge in [-0.2, -0.15) is 0 Å². The normalized spacial score (nSPS) is 10.8. The molecule has 0 atom stereocenters. The Balaban J connectivity index is 1.51. The van der Waals surface area contributed by atoms with E-state index >= 15 is 0 Å². The Labute approximate surface area is 139 Å². The fraction of sp³-hybridized carbons (Fsp3) is 0.0500. The Morgan fingerprint density at radius 3 is 2.30 bits per heavy atom. The molecule has 0 saturated heterocycles. The third kappa shape index (κ3) is 3.10. The van der Waals surface area contributed by atoms with E-state index in [1.807, 2.05) is 48.5 Å². The zero-order valence-electron chi connectivity index (χ0n) is 12.5. The van der Waals surface area contributed by atoms with Crippen molar-refractivity contribution in [3.05, 3.63) is 84.4 Å².